The molecule has 2 rings (SSSR count). The number of carbonyl (C=O) groups excluding carboxylic acids is 1. The van der Waals surface area contributed by atoms with Crippen LogP contribution in [-0.4, -0.2) is 40.8 Å². The second-order valence-corrected chi connectivity index (χ2v) is 7.38. The number of carbonyl (C=O) groups is 1. The summed E-state index contributed by atoms with van der Waals surface area (Å²) in [5.41, 5.74) is 0.909. The predicted molar refractivity (Wildman–Crippen MR) is 101 cm³/mol. The van der Waals surface area contributed by atoms with E-state index in [1.54, 1.807) is 48.5 Å². The van der Waals surface area contributed by atoms with Crippen LogP contribution in [-0.2, 0) is 14.8 Å². The third-order valence-corrected chi connectivity index (χ3v) is 4.62. The van der Waals surface area contributed by atoms with E-state index in [0.717, 1.165) is 10.6 Å². The van der Waals surface area contributed by atoms with Crippen molar-refractivity contribution in [1.29, 1.82) is 0 Å². The lowest BCUT2D eigenvalue weighted by Crippen LogP contribution is -2.37. The van der Waals surface area contributed by atoms with Crippen LogP contribution in [0.4, 0.5) is 11.4 Å². The fourth-order valence-corrected chi connectivity index (χ4v) is 3.15. The van der Waals surface area contributed by atoms with Crippen molar-refractivity contribution < 1.29 is 22.7 Å². The molecule has 0 aliphatic rings. The van der Waals surface area contributed by atoms with E-state index in [1.165, 1.54) is 7.11 Å². The molecule has 0 radical (unpaired) electrons. The molecule has 7 nitrogen and oxygen atoms in total. The molecule has 0 heterocycles. The van der Waals surface area contributed by atoms with Gasteiger partial charge in [0, 0.05) is 11.8 Å². The minimum absolute atomic E-state index is 0.348. The zero-order valence-electron chi connectivity index (χ0n) is 14.9. The highest BCUT2D eigenvalue weighted by molar-refractivity contribution is 7.92. The lowest BCUT2D eigenvalue weighted by atomic mass is 10.3. The molecule has 1 N–H and O–H groups in total. The Kier molecular flexibility index (Phi) is 6.46. The number of methoxy groups -OCH3 is 1. The van der Waals surface area contributed by atoms with Gasteiger partial charge in [-0.1, -0.05) is 6.07 Å². The van der Waals surface area contributed by atoms with Crippen molar-refractivity contribution in [3.8, 4) is 11.5 Å². The van der Waals surface area contributed by atoms with Crippen molar-refractivity contribution in [2.24, 2.45) is 0 Å². The van der Waals surface area contributed by atoms with Crippen LogP contribution in [0, 0.1) is 0 Å². The fraction of sp³-hybridized carbons (Fsp3) is 0.278. The summed E-state index contributed by atoms with van der Waals surface area (Å²) in [6, 6.07) is 13.4. The second-order valence-electron chi connectivity index (χ2n) is 5.48. The van der Waals surface area contributed by atoms with Gasteiger partial charge in [-0.05, 0) is 43.3 Å². The van der Waals surface area contributed by atoms with Crippen molar-refractivity contribution in [3.63, 3.8) is 0 Å². The molecule has 0 fully saturated rings. The summed E-state index contributed by atoms with van der Waals surface area (Å²) in [7, 11) is -2.16. The normalized spacial score (nSPS) is 10.9. The summed E-state index contributed by atoms with van der Waals surface area (Å²) in [4.78, 5) is 12.3. The van der Waals surface area contributed by atoms with Crippen LogP contribution < -0.4 is 19.1 Å². The molecule has 26 heavy (non-hydrogen) atoms. The lowest BCUT2D eigenvalue weighted by molar-refractivity contribution is -0.114. The van der Waals surface area contributed by atoms with Crippen molar-refractivity contribution in [2.45, 2.75) is 6.92 Å². The van der Waals surface area contributed by atoms with Gasteiger partial charge in [0.1, 0.15) is 18.0 Å². The monoisotopic (exact) mass is 378 g/mol. The zero-order valence-corrected chi connectivity index (χ0v) is 15.7. The maximum atomic E-state index is 12.3. The first-order valence-electron chi connectivity index (χ1n) is 7.98. The third-order valence-electron chi connectivity index (χ3n) is 3.48. The average molecular weight is 378 g/mol. The van der Waals surface area contributed by atoms with Gasteiger partial charge in [-0.25, -0.2) is 8.42 Å². The van der Waals surface area contributed by atoms with Crippen LogP contribution >= 0.6 is 0 Å². The van der Waals surface area contributed by atoms with Crippen molar-refractivity contribution in [1.82, 2.24) is 0 Å². The molecule has 0 saturated carbocycles. The summed E-state index contributed by atoms with van der Waals surface area (Å²) in [6.45, 7) is 2.09. The lowest BCUT2D eigenvalue weighted by Gasteiger charge is -2.22. The van der Waals surface area contributed by atoms with Gasteiger partial charge in [-0.2, -0.15) is 0 Å². The Morgan fingerprint density at radius 1 is 1.12 bits per heavy atom. The van der Waals surface area contributed by atoms with Gasteiger partial charge >= 0.3 is 0 Å². The summed E-state index contributed by atoms with van der Waals surface area (Å²) < 4.78 is 35.7. The molecule has 0 saturated heterocycles. The molecule has 1 amide bonds. The predicted octanol–water partition coefficient (Wildman–Crippen LogP) is 2.50. The molecule has 140 valence electrons. The smallest absolute Gasteiger partial charge is 0.245 e. The first-order chi connectivity index (χ1) is 12.3. The van der Waals surface area contributed by atoms with Gasteiger partial charge in [0.15, 0.2) is 0 Å². The number of amides is 1. The van der Waals surface area contributed by atoms with E-state index in [-0.39, 0.29) is 6.54 Å². The van der Waals surface area contributed by atoms with E-state index in [1.807, 2.05) is 6.92 Å². The Morgan fingerprint density at radius 3 is 2.38 bits per heavy atom. The van der Waals surface area contributed by atoms with Crippen LogP contribution in [0.2, 0.25) is 0 Å². The van der Waals surface area contributed by atoms with Gasteiger partial charge in [0.2, 0.25) is 15.9 Å². The molecule has 2 aromatic carbocycles. The standard InChI is InChI=1S/C18H22N2O5S/c1-4-25-16-10-8-14(9-11-16)19-18(21)13-20(26(3,22)23)15-6-5-7-17(12-15)24-2/h5-12H,4,13H2,1-3H3,(H,19,21). The molecule has 0 bridgehead atoms. The summed E-state index contributed by atoms with van der Waals surface area (Å²) in [5.74, 6) is 0.741. The van der Waals surface area contributed by atoms with E-state index in [0.29, 0.717) is 29.5 Å². The average Bonchev–Trinajstić information content (AvgIpc) is 2.60. The van der Waals surface area contributed by atoms with E-state index >= 15 is 0 Å². The number of rotatable bonds is 8. The number of sulfonamides is 1. The van der Waals surface area contributed by atoms with Gasteiger partial charge in [-0.15, -0.1) is 0 Å². The quantitative estimate of drug-likeness (QED) is 0.763. The van der Waals surface area contributed by atoms with Crippen LogP contribution in [0.1, 0.15) is 6.92 Å². The molecule has 8 heteroatoms. The van der Waals surface area contributed by atoms with Gasteiger partial charge in [0.05, 0.1) is 25.7 Å². The number of anilines is 2. The topological polar surface area (TPSA) is 84.9 Å². The Balaban J connectivity index is 2.14. The summed E-state index contributed by atoms with van der Waals surface area (Å²) in [6.07, 6.45) is 1.05. The van der Waals surface area contributed by atoms with Gasteiger partial charge in [-0.3, -0.25) is 9.10 Å². The maximum absolute atomic E-state index is 12.3. The zero-order chi connectivity index (χ0) is 19.2. The Bertz CT molecular complexity index is 850. The first kappa shape index (κ1) is 19.6. The van der Waals surface area contributed by atoms with E-state index in [4.69, 9.17) is 9.47 Å². The highest BCUT2D eigenvalue weighted by Gasteiger charge is 2.21. The first-order valence-corrected chi connectivity index (χ1v) is 9.82. The van der Waals surface area contributed by atoms with Crippen molar-refractivity contribution in [3.05, 3.63) is 48.5 Å². The van der Waals surface area contributed by atoms with Gasteiger partial charge in [0.25, 0.3) is 0 Å². The van der Waals surface area contributed by atoms with E-state index in [9.17, 15) is 13.2 Å². The molecule has 0 aromatic heterocycles. The number of nitrogens with one attached hydrogen (secondary N) is 1. The molecule has 0 atom stereocenters. The van der Waals surface area contributed by atoms with Crippen LogP contribution in [0.25, 0.3) is 0 Å². The largest absolute Gasteiger partial charge is 0.497 e. The number of hydrogen-bond acceptors (Lipinski definition) is 5. The Hall–Kier alpha value is -2.74. The fourth-order valence-electron chi connectivity index (χ4n) is 2.30. The minimum atomic E-state index is -3.65. The van der Waals surface area contributed by atoms with Crippen molar-refractivity contribution in [2.75, 3.05) is 36.1 Å². The molecule has 0 unspecified atom stereocenters. The van der Waals surface area contributed by atoms with Crippen molar-refractivity contribution >= 4 is 27.3 Å². The summed E-state index contributed by atoms with van der Waals surface area (Å²) in [5, 5.41) is 2.68. The molecular weight excluding hydrogens is 356 g/mol. The maximum Gasteiger partial charge on any atom is 0.245 e. The minimum Gasteiger partial charge on any atom is -0.497 e. The van der Waals surface area contributed by atoms with E-state index in [2.05, 4.69) is 5.32 Å². The molecule has 0 spiro atoms. The molecular formula is C18H22N2O5S. The molecule has 2 aromatic rings. The number of ether oxygens (including phenoxy) is 2. The highest BCUT2D eigenvalue weighted by atomic mass is 32.2. The molecule has 0 aliphatic heterocycles. The third kappa shape index (κ3) is 5.38. The molecule has 0 aliphatic carbocycles. The highest BCUT2D eigenvalue weighted by Crippen LogP contribution is 2.23. The Morgan fingerprint density at radius 2 is 1.81 bits per heavy atom. The van der Waals surface area contributed by atoms with Crippen LogP contribution in [0.15, 0.2) is 48.5 Å². The number of benzene rings is 2. The Labute approximate surface area is 153 Å². The number of hydrogen-bond donors (Lipinski definition) is 1. The SMILES string of the molecule is CCOc1ccc(NC(=O)CN(c2cccc(OC)c2)S(C)(=O)=O)cc1. The van der Waals surface area contributed by atoms with E-state index < -0.39 is 15.9 Å². The number of nitrogens with zero attached hydrogens (tertiary/aromatic N) is 1. The summed E-state index contributed by atoms with van der Waals surface area (Å²) >= 11 is 0. The van der Waals surface area contributed by atoms with Crippen LogP contribution in [0.5, 0.6) is 11.5 Å². The second kappa shape index (κ2) is 8.57. The van der Waals surface area contributed by atoms with Crippen LogP contribution in [0.3, 0.4) is 0 Å². The van der Waals surface area contributed by atoms with Gasteiger partial charge < -0.3 is 14.8 Å².